The molecule has 4 heteroatoms. The first-order chi connectivity index (χ1) is 10.1. The van der Waals surface area contributed by atoms with Crippen molar-refractivity contribution in [3.63, 3.8) is 0 Å². The van der Waals surface area contributed by atoms with E-state index in [1.807, 2.05) is 42.5 Å². The predicted molar refractivity (Wildman–Crippen MR) is 84.4 cm³/mol. The van der Waals surface area contributed by atoms with E-state index >= 15 is 0 Å². The second-order valence-electron chi connectivity index (χ2n) is 4.98. The van der Waals surface area contributed by atoms with Gasteiger partial charge in [0.1, 0.15) is 10.9 Å². The first kappa shape index (κ1) is 13.7. The summed E-state index contributed by atoms with van der Waals surface area (Å²) in [5, 5.41) is 0.380. The molecule has 2 aromatic carbocycles. The Balaban J connectivity index is 2.05. The van der Waals surface area contributed by atoms with Gasteiger partial charge < -0.3 is 0 Å². The summed E-state index contributed by atoms with van der Waals surface area (Å²) in [5.74, 6) is 0.156. The van der Waals surface area contributed by atoms with Crippen LogP contribution in [0.15, 0.2) is 48.7 Å². The first-order valence-electron chi connectivity index (χ1n) is 6.63. The quantitative estimate of drug-likeness (QED) is 0.731. The van der Waals surface area contributed by atoms with Gasteiger partial charge in [-0.1, -0.05) is 41.9 Å². The van der Waals surface area contributed by atoms with Gasteiger partial charge in [0.05, 0.1) is 17.2 Å². The lowest BCUT2D eigenvalue weighted by Crippen LogP contribution is -1.96. The Morgan fingerprint density at radius 2 is 1.90 bits per heavy atom. The lowest BCUT2D eigenvalue weighted by Gasteiger charge is -2.06. The van der Waals surface area contributed by atoms with Crippen molar-refractivity contribution in [1.82, 2.24) is 9.97 Å². The molecule has 0 spiro atoms. The number of nitrogens with zero attached hydrogens (tertiary/aromatic N) is 2. The number of hydrogen-bond donors (Lipinski definition) is 0. The highest BCUT2D eigenvalue weighted by atomic mass is 35.5. The molecule has 0 aliphatic carbocycles. The number of carbonyl (C=O) groups excluding carboxylic acids is 1. The molecule has 104 valence electrons. The molecular weight excluding hydrogens is 284 g/mol. The third-order valence-electron chi connectivity index (χ3n) is 3.23. The van der Waals surface area contributed by atoms with Gasteiger partial charge in [0.2, 0.25) is 0 Å². The van der Waals surface area contributed by atoms with Gasteiger partial charge in [-0.3, -0.25) is 9.78 Å². The normalized spacial score (nSPS) is 10.8. The molecular formula is C17H13ClN2O. The van der Waals surface area contributed by atoms with Crippen molar-refractivity contribution in [3.8, 4) is 11.1 Å². The molecule has 0 unspecified atom stereocenters. The zero-order chi connectivity index (χ0) is 14.8. The summed E-state index contributed by atoms with van der Waals surface area (Å²) in [6, 6.07) is 13.8. The standard InChI is InChI=1S/C17H13ClN2O/c1-11(21)7-12-3-2-4-13(8-12)14-5-6-15-16(9-14)20-17(18)10-19-15/h2-6,8-10H,7H2,1H3. The second-order valence-corrected chi connectivity index (χ2v) is 5.36. The zero-order valence-corrected chi connectivity index (χ0v) is 12.3. The summed E-state index contributed by atoms with van der Waals surface area (Å²) in [5.41, 5.74) is 4.67. The Bertz CT molecular complexity index is 830. The summed E-state index contributed by atoms with van der Waals surface area (Å²) >= 11 is 5.89. The molecule has 3 aromatic rings. The van der Waals surface area contributed by atoms with Gasteiger partial charge >= 0.3 is 0 Å². The Morgan fingerprint density at radius 1 is 1.10 bits per heavy atom. The van der Waals surface area contributed by atoms with Gasteiger partial charge in [-0.25, -0.2) is 4.98 Å². The largest absolute Gasteiger partial charge is 0.300 e. The average molecular weight is 297 g/mol. The van der Waals surface area contributed by atoms with E-state index in [1.165, 1.54) is 6.20 Å². The van der Waals surface area contributed by atoms with Gasteiger partial charge in [0.25, 0.3) is 0 Å². The fourth-order valence-electron chi connectivity index (χ4n) is 2.32. The number of ketones is 1. The van der Waals surface area contributed by atoms with E-state index in [0.717, 1.165) is 27.7 Å². The minimum Gasteiger partial charge on any atom is -0.300 e. The maximum Gasteiger partial charge on any atom is 0.148 e. The van der Waals surface area contributed by atoms with Crippen LogP contribution in [0.2, 0.25) is 5.15 Å². The average Bonchev–Trinajstić information content (AvgIpc) is 2.46. The van der Waals surface area contributed by atoms with E-state index in [-0.39, 0.29) is 5.78 Å². The van der Waals surface area contributed by atoms with Gasteiger partial charge in [-0.2, -0.15) is 0 Å². The SMILES string of the molecule is CC(=O)Cc1cccc(-c2ccc3ncc(Cl)nc3c2)c1. The highest BCUT2D eigenvalue weighted by Gasteiger charge is 2.04. The zero-order valence-electron chi connectivity index (χ0n) is 11.5. The van der Waals surface area contributed by atoms with E-state index in [0.29, 0.717) is 11.6 Å². The Kier molecular flexibility index (Phi) is 3.67. The molecule has 0 N–H and O–H groups in total. The molecule has 1 aromatic heterocycles. The van der Waals surface area contributed by atoms with Crippen LogP contribution in [-0.2, 0) is 11.2 Å². The maximum absolute atomic E-state index is 11.2. The smallest absolute Gasteiger partial charge is 0.148 e. The fraction of sp³-hybridized carbons (Fsp3) is 0.118. The van der Waals surface area contributed by atoms with E-state index in [4.69, 9.17) is 11.6 Å². The van der Waals surface area contributed by atoms with Crippen LogP contribution in [0.3, 0.4) is 0 Å². The minimum absolute atomic E-state index is 0.156. The van der Waals surface area contributed by atoms with Gasteiger partial charge in [0.15, 0.2) is 0 Å². The topological polar surface area (TPSA) is 42.9 Å². The first-order valence-corrected chi connectivity index (χ1v) is 7.01. The van der Waals surface area contributed by atoms with Crippen molar-refractivity contribution in [3.05, 3.63) is 59.4 Å². The fourth-order valence-corrected chi connectivity index (χ4v) is 2.46. The van der Waals surface area contributed by atoms with E-state index < -0.39 is 0 Å². The number of benzene rings is 2. The highest BCUT2D eigenvalue weighted by molar-refractivity contribution is 6.29. The molecule has 0 aliphatic heterocycles. The molecule has 0 radical (unpaired) electrons. The molecule has 0 aliphatic rings. The van der Waals surface area contributed by atoms with Crippen LogP contribution >= 0.6 is 11.6 Å². The van der Waals surface area contributed by atoms with Crippen molar-refractivity contribution in [1.29, 1.82) is 0 Å². The molecule has 21 heavy (non-hydrogen) atoms. The third kappa shape index (κ3) is 3.09. The summed E-state index contributed by atoms with van der Waals surface area (Å²) in [4.78, 5) is 19.8. The van der Waals surface area contributed by atoms with Crippen LogP contribution in [0.4, 0.5) is 0 Å². The Morgan fingerprint density at radius 3 is 2.71 bits per heavy atom. The highest BCUT2D eigenvalue weighted by Crippen LogP contribution is 2.24. The number of rotatable bonds is 3. The van der Waals surface area contributed by atoms with E-state index in [1.54, 1.807) is 6.92 Å². The molecule has 3 rings (SSSR count). The van der Waals surface area contributed by atoms with Crippen molar-refractivity contribution < 1.29 is 4.79 Å². The number of aromatic nitrogens is 2. The predicted octanol–water partition coefficient (Wildman–Crippen LogP) is 4.08. The lowest BCUT2D eigenvalue weighted by molar-refractivity contribution is -0.116. The van der Waals surface area contributed by atoms with E-state index in [2.05, 4.69) is 9.97 Å². The molecule has 0 saturated heterocycles. The minimum atomic E-state index is 0.156. The van der Waals surface area contributed by atoms with Crippen LogP contribution < -0.4 is 0 Å². The summed E-state index contributed by atoms with van der Waals surface area (Å²) in [6.45, 7) is 1.60. The van der Waals surface area contributed by atoms with Gasteiger partial charge in [-0.15, -0.1) is 0 Å². The second kappa shape index (κ2) is 5.62. The summed E-state index contributed by atoms with van der Waals surface area (Å²) < 4.78 is 0. The molecule has 0 saturated carbocycles. The van der Waals surface area contributed by atoms with Crippen molar-refractivity contribution in [2.45, 2.75) is 13.3 Å². The molecule has 0 atom stereocenters. The number of halogens is 1. The molecule has 1 heterocycles. The molecule has 0 amide bonds. The van der Waals surface area contributed by atoms with Crippen LogP contribution in [0.1, 0.15) is 12.5 Å². The Hall–Kier alpha value is -2.26. The van der Waals surface area contributed by atoms with Crippen LogP contribution in [0.25, 0.3) is 22.2 Å². The van der Waals surface area contributed by atoms with Crippen molar-refractivity contribution in [2.24, 2.45) is 0 Å². The van der Waals surface area contributed by atoms with Gasteiger partial charge in [0, 0.05) is 6.42 Å². The maximum atomic E-state index is 11.2. The van der Waals surface area contributed by atoms with Crippen molar-refractivity contribution in [2.75, 3.05) is 0 Å². The van der Waals surface area contributed by atoms with Crippen LogP contribution in [-0.4, -0.2) is 15.8 Å². The van der Waals surface area contributed by atoms with E-state index in [9.17, 15) is 4.79 Å². The molecule has 0 bridgehead atoms. The number of Topliss-reactive ketones (excluding diaryl/α,β-unsaturated/α-hetero) is 1. The number of hydrogen-bond acceptors (Lipinski definition) is 3. The number of fused-ring (bicyclic) bond motifs is 1. The van der Waals surface area contributed by atoms with Crippen molar-refractivity contribution >= 4 is 28.4 Å². The molecule has 3 nitrogen and oxygen atoms in total. The number of carbonyl (C=O) groups is 1. The van der Waals surface area contributed by atoms with Crippen LogP contribution in [0.5, 0.6) is 0 Å². The van der Waals surface area contributed by atoms with Crippen LogP contribution in [0, 0.1) is 0 Å². The third-order valence-corrected chi connectivity index (χ3v) is 3.41. The summed E-state index contributed by atoms with van der Waals surface area (Å²) in [6.07, 6.45) is 1.99. The monoisotopic (exact) mass is 296 g/mol. The lowest BCUT2D eigenvalue weighted by atomic mass is 10.0. The summed E-state index contributed by atoms with van der Waals surface area (Å²) in [7, 11) is 0. The Labute approximate surface area is 127 Å². The van der Waals surface area contributed by atoms with Gasteiger partial charge in [-0.05, 0) is 35.7 Å². The molecule has 0 fully saturated rings.